The number of rotatable bonds is 5. The molecule has 0 radical (unpaired) electrons. The number of benzene rings is 1. The molecular weight excluding hydrogens is 429 g/mol. The summed E-state index contributed by atoms with van der Waals surface area (Å²) < 4.78 is 1.34. The summed E-state index contributed by atoms with van der Waals surface area (Å²) in [5, 5.41) is 12.9. The summed E-state index contributed by atoms with van der Waals surface area (Å²) in [6.07, 6.45) is 3.49. The number of nitrogen functional groups attached to an aromatic ring is 1. The second kappa shape index (κ2) is 7.36. The molecule has 1 aromatic carbocycles. The van der Waals surface area contributed by atoms with Gasteiger partial charge in [0.15, 0.2) is 5.82 Å². The molecule has 9 heteroatoms. The van der Waals surface area contributed by atoms with Gasteiger partial charge in [-0.15, -0.1) is 10.2 Å². The van der Waals surface area contributed by atoms with Gasteiger partial charge in [-0.2, -0.15) is 0 Å². The van der Waals surface area contributed by atoms with E-state index in [1.165, 1.54) is 29.3 Å². The highest BCUT2D eigenvalue weighted by Gasteiger charge is 2.61. The molecule has 2 aromatic rings. The molecule has 6 nitrogen and oxygen atoms in total. The molecule has 1 heterocycles. The highest BCUT2D eigenvalue weighted by molar-refractivity contribution is 7.99. The molecule has 2 aliphatic carbocycles. The summed E-state index contributed by atoms with van der Waals surface area (Å²) in [6.45, 7) is 6.99. The summed E-state index contributed by atoms with van der Waals surface area (Å²) in [5.41, 5.74) is 1.02. The van der Waals surface area contributed by atoms with Crippen molar-refractivity contribution in [3.05, 3.63) is 28.2 Å². The number of nitrogens with two attached hydrogens (primary N) is 1. The lowest BCUT2D eigenvalue weighted by Gasteiger charge is -2.39. The van der Waals surface area contributed by atoms with Gasteiger partial charge in [0, 0.05) is 16.6 Å². The molecule has 2 aliphatic rings. The SMILES string of the molecule is CC1(C)C2CCC1(C)C(NC(=O)CSc1nnc(-c3cc(Cl)ccc3Cl)n1N)C2. The summed E-state index contributed by atoms with van der Waals surface area (Å²) in [7, 11) is 0. The van der Waals surface area contributed by atoms with Crippen LogP contribution in [0.2, 0.25) is 10.0 Å². The van der Waals surface area contributed by atoms with Gasteiger partial charge in [-0.3, -0.25) is 4.79 Å². The Bertz CT molecular complexity index is 962. The molecule has 2 fully saturated rings. The van der Waals surface area contributed by atoms with Crippen molar-refractivity contribution in [1.82, 2.24) is 20.2 Å². The van der Waals surface area contributed by atoms with Crippen molar-refractivity contribution in [3.8, 4) is 11.4 Å². The van der Waals surface area contributed by atoms with Gasteiger partial charge in [0.2, 0.25) is 11.1 Å². The molecule has 0 aliphatic heterocycles. The number of nitrogens with one attached hydrogen (secondary N) is 1. The first-order valence-corrected chi connectivity index (χ1v) is 11.5. The zero-order valence-electron chi connectivity index (χ0n) is 16.7. The maximum absolute atomic E-state index is 12.6. The van der Waals surface area contributed by atoms with E-state index in [4.69, 9.17) is 29.0 Å². The molecule has 3 unspecified atom stereocenters. The fraction of sp³-hybridized carbons (Fsp3) is 0.550. The van der Waals surface area contributed by atoms with E-state index in [0.717, 1.165) is 6.42 Å². The molecule has 3 atom stereocenters. The van der Waals surface area contributed by atoms with Crippen molar-refractivity contribution in [3.63, 3.8) is 0 Å². The Hall–Kier alpha value is -1.44. The van der Waals surface area contributed by atoms with Gasteiger partial charge in [-0.05, 0) is 54.2 Å². The van der Waals surface area contributed by atoms with E-state index >= 15 is 0 Å². The average Bonchev–Trinajstić information content (AvgIpc) is 3.20. The van der Waals surface area contributed by atoms with Crippen LogP contribution in [-0.4, -0.2) is 32.6 Å². The van der Waals surface area contributed by atoms with Crippen LogP contribution in [-0.2, 0) is 4.79 Å². The Kier molecular flexibility index (Phi) is 5.28. The van der Waals surface area contributed by atoms with Gasteiger partial charge in [0.25, 0.3) is 0 Å². The second-order valence-electron chi connectivity index (χ2n) is 8.82. The van der Waals surface area contributed by atoms with E-state index in [1.807, 2.05) is 0 Å². The number of carbonyl (C=O) groups excluding carboxylic acids is 1. The lowest BCUT2D eigenvalue weighted by molar-refractivity contribution is -0.120. The third-order valence-corrected chi connectivity index (χ3v) is 8.80. The number of hydrogen-bond acceptors (Lipinski definition) is 5. The number of amides is 1. The van der Waals surface area contributed by atoms with Crippen molar-refractivity contribution in [2.75, 3.05) is 11.6 Å². The van der Waals surface area contributed by atoms with Crippen molar-refractivity contribution in [2.24, 2.45) is 16.7 Å². The Morgan fingerprint density at radius 3 is 2.76 bits per heavy atom. The Morgan fingerprint density at radius 2 is 2.10 bits per heavy atom. The Balaban J connectivity index is 1.41. The van der Waals surface area contributed by atoms with Crippen LogP contribution < -0.4 is 11.2 Å². The van der Waals surface area contributed by atoms with Gasteiger partial charge >= 0.3 is 0 Å². The largest absolute Gasteiger partial charge is 0.352 e. The molecule has 29 heavy (non-hydrogen) atoms. The van der Waals surface area contributed by atoms with Crippen LogP contribution in [0.25, 0.3) is 11.4 Å². The van der Waals surface area contributed by atoms with Gasteiger partial charge in [-0.25, -0.2) is 4.68 Å². The molecule has 0 saturated heterocycles. The van der Waals surface area contributed by atoms with E-state index < -0.39 is 0 Å². The van der Waals surface area contributed by atoms with Crippen molar-refractivity contribution < 1.29 is 4.79 Å². The van der Waals surface area contributed by atoms with Crippen molar-refractivity contribution >= 4 is 40.9 Å². The molecule has 0 spiro atoms. The second-order valence-corrected chi connectivity index (χ2v) is 10.6. The van der Waals surface area contributed by atoms with Crippen LogP contribution in [0.5, 0.6) is 0 Å². The van der Waals surface area contributed by atoms with Crippen LogP contribution in [0.4, 0.5) is 0 Å². The van der Waals surface area contributed by atoms with Crippen LogP contribution >= 0.6 is 35.0 Å². The molecule has 2 saturated carbocycles. The Labute approximate surface area is 184 Å². The summed E-state index contributed by atoms with van der Waals surface area (Å²) in [5.74, 6) is 7.46. The predicted octanol–water partition coefficient (Wildman–Crippen LogP) is 4.39. The summed E-state index contributed by atoms with van der Waals surface area (Å²) in [6, 6.07) is 5.30. The maximum Gasteiger partial charge on any atom is 0.230 e. The quantitative estimate of drug-likeness (QED) is 0.517. The fourth-order valence-corrected chi connectivity index (χ4v) is 6.06. The lowest BCUT2D eigenvalue weighted by Crippen LogP contribution is -2.47. The predicted molar refractivity (Wildman–Crippen MR) is 118 cm³/mol. The minimum atomic E-state index is -0.00471. The lowest BCUT2D eigenvalue weighted by atomic mass is 9.69. The topological polar surface area (TPSA) is 85.8 Å². The maximum atomic E-state index is 12.6. The zero-order valence-corrected chi connectivity index (χ0v) is 19.0. The minimum Gasteiger partial charge on any atom is -0.352 e. The van der Waals surface area contributed by atoms with Crippen LogP contribution in [0.1, 0.15) is 40.0 Å². The normalized spacial score (nSPS) is 27.3. The average molecular weight is 454 g/mol. The van der Waals surface area contributed by atoms with Crippen LogP contribution in [0, 0.1) is 16.7 Å². The number of hydrogen-bond donors (Lipinski definition) is 2. The van der Waals surface area contributed by atoms with Crippen molar-refractivity contribution in [2.45, 2.75) is 51.2 Å². The van der Waals surface area contributed by atoms with E-state index in [9.17, 15) is 4.79 Å². The van der Waals surface area contributed by atoms with Gasteiger partial charge in [0.05, 0.1) is 10.8 Å². The third kappa shape index (κ3) is 3.41. The number of carbonyl (C=O) groups is 1. The molecule has 1 aromatic heterocycles. The van der Waals surface area contributed by atoms with Crippen LogP contribution in [0.15, 0.2) is 23.4 Å². The number of nitrogens with zero attached hydrogens (tertiary/aromatic N) is 3. The number of thioether (sulfide) groups is 1. The highest BCUT2D eigenvalue weighted by atomic mass is 35.5. The summed E-state index contributed by atoms with van der Waals surface area (Å²) >= 11 is 13.5. The van der Waals surface area contributed by atoms with Crippen LogP contribution in [0.3, 0.4) is 0 Å². The Morgan fingerprint density at radius 1 is 1.34 bits per heavy atom. The molecule has 156 valence electrons. The number of fused-ring (bicyclic) bond motifs is 2. The molecular formula is C20H25Cl2N5OS. The molecule has 2 bridgehead atoms. The van der Waals surface area contributed by atoms with Gasteiger partial charge in [-0.1, -0.05) is 55.7 Å². The smallest absolute Gasteiger partial charge is 0.230 e. The van der Waals surface area contributed by atoms with Gasteiger partial charge in [0.1, 0.15) is 0 Å². The standard InChI is InChI=1S/C20H25Cl2N5OS/c1-19(2)11-6-7-20(19,3)15(8-11)24-16(28)10-29-18-26-25-17(27(18)23)13-9-12(21)4-5-14(13)22/h4-5,9,11,15H,6-8,10,23H2,1-3H3,(H,24,28). The fourth-order valence-electron chi connectivity index (χ4n) is 5.02. The molecule has 4 rings (SSSR count). The first kappa shape index (κ1) is 20.8. The van der Waals surface area contributed by atoms with E-state index in [1.54, 1.807) is 18.2 Å². The molecule has 1 amide bonds. The first-order valence-electron chi connectivity index (χ1n) is 9.71. The minimum absolute atomic E-state index is 0.00471. The summed E-state index contributed by atoms with van der Waals surface area (Å²) in [4.78, 5) is 12.6. The highest BCUT2D eigenvalue weighted by Crippen LogP contribution is 2.65. The van der Waals surface area contributed by atoms with E-state index in [0.29, 0.717) is 32.5 Å². The number of aromatic nitrogens is 3. The monoisotopic (exact) mass is 453 g/mol. The third-order valence-electron chi connectivity index (χ3n) is 7.30. The molecule has 3 N–H and O–H groups in total. The van der Waals surface area contributed by atoms with E-state index in [2.05, 4.69) is 36.3 Å². The van der Waals surface area contributed by atoms with Gasteiger partial charge < -0.3 is 11.2 Å². The zero-order chi connectivity index (χ0) is 21.0. The van der Waals surface area contributed by atoms with E-state index in [-0.39, 0.29) is 28.5 Å². The first-order chi connectivity index (χ1) is 13.6. The number of halogens is 2. The van der Waals surface area contributed by atoms with Crippen molar-refractivity contribution in [1.29, 1.82) is 0 Å².